The lowest BCUT2D eigenvalue weighted by Crippen LogP contribution is -2.52. The highest BCUT2D eigenvalue weighted by Gasteiger charge is 2.41. The SMILES string of the molecule is C[C@@H](O)[C@H](NC(=O)[C@@H]1CCN(C(=O)[C@H]2CCCN2C(=O)OCc2ccccc2)C1)C(N)=O. The molecule has 2 fully saturated rings. The van der Waals surface area contributed by atoms with Crippen LogP contribution in [0.4, 0.5) is 4.79 Å². The van der Waals surface area contributed by atoms with Gasteiger partial charge in [0.05, 0.1) is 12.0 Å². The van der Waals surface area contributed by atoms with Crippen molar-refractivity contribution in [2.24, 2.45) is 11.7 Å². The van der Waals surface area contributed by atoms with Gasteiger partial charge in [0.2, 0.25) is 17.7 Å². The third kappa shape index (κ3) is 5.56. The average Bonchev–Trinajstić information content (AvgIpc) is 3.45. The Morgan fingerprint density at radius 2 is 1.91 bits per heavy atom. The molecule has 0 aliphatic carbocycles. The first-order chi connectivity index (χ1) is 15.3. The first-order valence-corrected chi connectivity index (χ1v) is 10.8. The standard InChI is InChI=1S/C22H30N4O6/c1-14(27)18(19(23)28)24-20(29)16-9-11-25(12-16)21(30)17-8-5-10-26(17)22(31)32-13-15-6-3-2-4-7-15/h2-4,6-7,14,16-18,27H,5,8-13H2,1H3,(H2,23,28)(H,24,29)/t14-,16-,17-,18+/m1/s1. The summed E-state index contributed by atoms with van der Waals surface area (Å²) < 4.78 is 5.39. The van der Waals surface area contributed by atoms with Gasteiger partial charge >= 0.3 is 6.09 Å². The summed E-state index contributed by atoms with van der Waals surface area (Å²) in [5.41, 5.74) is 6.08. The molecule has 0 bridgehead atoms. The highest BCUT2D eigenvalue weighted by Crippen LogP contribution is 2.25. The fourth-order valence-corrected chi connectivity index (χ4v) is 4.13. The zero-order valence-corrected chi connectivity index (χ0v) is 18.1. The van der Waals surface area contributed by atoms with Crippen LogP contribution in [0.2, 0.25) is 0 Å². The molecule has 1 aromatic rings. The molecule has 10 nitrogen and oxygen atoms in total. The Morgan fingerprint density at radius 3 is 2.56 bits per heavy atom. The lowest BCUT2D eigenvalue weighted by molar-refractivity contribution is -0.135. The molecule has 0 aromatic heterocycles. The Hall–Kier alpha value is -3.14. The van der Waals surface area contributed by atoms with Gasteiger partial charge in [0.25, 0.3) is 0 Å². The van der Waals surface area contributed by atoms with E-state index in [-0.39, 0.29) is 19.1 Å². The van der Waals surface area contributed by atoms with Gasteiger partial charge in [0, 0.05) is 19.6 Å². The van der Waals surface area contributed by atoms with E-state index in [0.29, 0.717) is 32.4 Å². The Labute approximate surface area is 186 Å². The third-order valence-corrected chi connectivity index (χ3v) is 5.93. The minimum atomic E-state index is -1.18. The number of nitrogens with one attached hydrogen (secondary N) is 1. The van der Waals surface area contributed by atoms with Gasteiger partial charge in [0.15, 0.2) is 0 Å². The maximum Gasteiger partial charge on any atom is 0.410 e. The summed E-state index contributed by atoms with van der Waals surface area (Å²) in [7, 11) is 0. The van der Waals surface area contributed by atoms with Crippen LogP contribution in [0.3, 0.4) is 0 Å². The second-order valence-corrected chi connectivity index (χ2v) is 8.29. The second kappa shape index (κ2) is 10.4. The number of amides is 4. The lowest BCUT2D eigenvalue weighted by Gasteiger charge is -2.27. The summed E-state index contributed by atoms with van der Waals surface area (Å²) in [6.07, 6.45) is 0.0133. The molecule has 4 amide bonds. The van der Waals surface area contributed by atoms with E-state index in [1.165, 1.54) is 11.8 Å². The maximum atomic E-state index is 13.1. The van der Waals surface area contributed by atoms with Crippen molar-refractivity contribution >= 4 is 23.8 Å². The van der Waals surface area contributed by atoms with Crippen molar-refractivity contribution < 1.29 is 29.0 Å². The van der Waals surface area contributed by atoms with E-state index in [0.717, 1.165) is 5.56 Å². The molecule has 2 aliphatic heterocycles. The summed E-state index contributed by atoms with van der Waals surface area (Å²) >= 11 is 0. The number of aliphatic hydroxyl groups excluding tert-OH is 1. The topological polar surface area (TPSA) is 142 Å². The van der Waals surface area contributed by atoms with E-state index < -0.39 is 42.0 Å². The molecule has 2 saturated heterocycles. The number of nitrogens with zero attached hydrogens (tertiary/aromatic N) is 2. The number of rotatable bonds is 7. The lowest BCUT2D eigenvalue weighted by atomic mass is 10.1. The van der Waals surface area contributed by atoms with Gasteiger partial charge in [-0.15, -0.1) is 0 Å². The normalized spacial score (nSPS) is 22.3. The summed E-state index contributed by atoms with van der Waals surface area (Å²) in [5, 5.41) is 12.1. The minimum Gasteiger partial charge on any atom is -0.445 e. The molecule has 1 aromatic carbocycles. The molecular formula is C22H30N4O6. The van der Waals surface area contributed by atoms with Crippen LogP contribution in [0.1, 0.15) is 31.7 Å². The van der Waals surface area contributed by atoms with E-state index in [1.54, 1.807) is 4.90 Å². The zero-order chi connectivity index (χ0) is 23.3. The molecule has 2 aliphatic rings. The predicted molar refractivity (Wildman–Crippen MR) is 114 cm³/mol. The van der Waals surface area contributed by atoms with Crippen molar-refractivity contribution in [3.63, 3.8) is 0 Å². The summed E-state index contributed by atoms with van der Waals surface area (Å²) in [4.78, 5) is 52.6. The third-order valence-electron chi connectivity index (χ3n) is 5.93. The first-order valence-electron chi connectivity index (χ1n) is 10.8. The molecule has 0 spiro atoms. The average molecular weight is 447 g/mol. The van der Waals surface area contributed by atoms with E-state index in [4.69, 9.17) is 10.5 Å². The number of hydrogen-bond donors (Lipinski definition) is 3. The molecule has 0 saturated carbocycles. The number of primary amides is 1. The monoisotopic (exact) mass is 446 g/mol. The molecule has 2 heterocycles. The van der Waals surface area contributed by atoms with E-state index in [1.807, 2.05) is 30.3 Å². The van der Waals surface area contributed by atoms with Crippen LogP contribution in [-0.2, 0) is 25.7 Å². The van der Waals surface area contributed by atoms with Crippen molar-refractivity contribution in [2.75, 3.05) is 19.6 Å². The highest BCUT2D eigenvalue weighted by atomic mass is 16.6. The summed E-state index contributed by atoms with van der Waals surface area (Å²) in [6, 6.07) is 7.51. The number of likely N-dealkylation sites (tertiary alicyclic amines) is 2. The Balaban J connectivity index is 1.54. The van der Waals surface area contributed by atoms with Gasteiger partial charge in [-0.05, 0) is 31.7 Å². The Kier molecular flexibility index (Phi) is 7.68. The highest BCUT2D eigenvalue weighted by molar-refractivity contribution is 5.90. The minimum absolute atomic E-state index is 0.132. The van der Waals surface area contributed by atoms with Crippen LogP contribution in [0, 0.1) is 5.92 Å². The molecule has 0 unspecified atom stereocenters. The fourth-order valence-electron chi connectivity index (χ4n) is 4.13. The van der Waals surface area contributed by atoms with Crippen LogP contribution >= 0.6 is 0 Å². The number of hydrogen-bond acceptors (Lipinski definition) is 6. The summed E-state index contributed by atoms with van der Waals surface area (Å²) in [6.45, 7) is 2.49. The number of ether oxygens (including phenoxy) is 1. The van der Waals surface area contributed by atoms with Crippen molar-refractivity contribution in [1.29, 1.82) is 0 Å². The molecule has 10 heteroatoms. The van der Waals surface area contributed by atoms with Crippen molar-refractivity contribution in [3.8, 4) is 0 Å². The Morgan fingerprint density at radius 1 is 1.19 bits per heavy atom. The van der Waals surface area contributed by atoms with E-state index in [9.17, 15) is 24.3 Å². The summed E-state index contributed by atoms with van der Waals surface area (Å²) in [5.74, 6) is -1.98. The van der Waals surface area contributed by atoms with Crippen molar-refractivity contribution in [2.45, 2.75) is 51.0 Å². The van der Waals surface area contributed by atoms with Crippen LogP contribution < -0.4 is 11.1 Å². The van der Waals surface area contributed by atoms with Gasteiger partial charge in [-0.1, -0.05) is 30.3 Å². The maximum absolute atomic E-state index is 13.1. The molecule has 3 rings (SSSR count). The largest absolute Gasteiger partial charge is 0.445 e. The molecule has 4 N–H and O–H groups in total. The first kappa shape index (κ1) is 23.5. The predicted octanol–water partition coefficient (Wildman–Crippen LogP) is -0.0130. The van der Waals surface area contributed by atoms with Gasteiger partial charge < -0.3 is 25.8 Å². The van der Waals surface area contributed by atoms with Crippen LogP contribution in [-0.4, -0.2) is 76.5 Å². The number of carbonyl (C=O) groups excluding carboxylic acids is 4. The van der Waals surface area contributed by atoms with Crippen LogP contribution in [0.25, 0.3) is 0 Å². The second-order valence-electron chi connectivity index (χ2n) is 8.29. The number of aliphatic hydroxyl groups is 1. The zero-order valence-electron chi connectivity index (χ0n) is 18.1. The molecule has 0 radical (unpaired) electrons. The smallest absolute Gasteiger partial charge is 0.410 e. The molecular weight excluding hydrogens is 416 g/mol. The van der Waals surface area contributed by atoms with Crippen molar-refractivity contribution in [3.05, 3.63) is 35.9 Å². The van der Waals surface area contributed by atoms with Gasteiger partial charge in [-0.3, -0.25) is 19.3 Å². The van der Waals surface area contributed by atoms with E-state index in [2.05, 4.69) is 5.32 Å². The van der Waals surface area contributed by atoms with Gasteiger partial charge in [0.1, 0.15) is 18.7 Å². The number of nitrogens with two attached hydrogens (primary N) is 1. The number of benzene rings is 1. The van der Waals surface area contributed by atoms with Crippen molar-refractivity contribution in [1.82, 2.24) is 15.1 Å². The van der Waals surface area contributed by atoms with Crippen LogP contribution in [0.15, 0.2) is 30.3 Å². The van der Waals surface area contributed by atoms with Gasteiger partial charge in [-0.25, -0.2) is 4.79 Å². The fraction of sp³-hybridized carbons (Fsp3) is 0.545. The molecule has 4 atom stereocenters. The van der Waals surface area contributed by atoms with Crippen LogP contribution in [0.5, 0.6) is 0 Å². The molecule has 32 heavy (non-hydrogen) atoms. The quantitative estimate of drug-likeness (QED) is 0.538. The Bertz CT molecular complexity index is 846. The van der Waals surface area contributed by atoms with E-state index >= 15 is 0 Å². The molecule has 174 valence electrons. The van der Waals surface area contributed by atoms with Gasteiger partial charge in [-0.2, -0.15) is 0 Å². The number of carbonyl (C=O) groups is 4.